The Kier molecular flexibility index (Phi) is 8.30. The van der Waals surface area contributed by atoms with Crippen LogP contribution in [0.25, 0.3) is 0 Å². The number of amides is 3. The van der Waals surface area contributed by atoms with E-state index in [2.05, 4.69) is 20.9 Å². The number of thiocarbonyl (C=S) groups is 1. The fourth-order valence-electron chi connectivity index (χ4n) is 3.73. The molecule has 0 radical (unpaired) electrons. The van der Waals surface area contributed by atoms with E-state index < -0.39 is 0 Å². The summed E-state index contributed by atoms with van der Waals surface area (Å²) in [6, 6.07) is 17.8. The van der Waals surface area contributed by atoms with E-state index >= 15 is 0 Å². The first-order chi connectivity index (χ1) is 17.5. The van der Waals surface area contributed by atoms with Gasteiger partial charge in [-0.05, 0) is 48.8 Å². The second-order valence-corrected chi connectivity index (χ2v) is 8.54. The number of hydrogen-bond acceptors (Lipinski definition) is 6. The molecule has 9 nitrogen and oxygen atoms in total. The van der Waals surface area contributed by atoms with Crippen LogP contribution in [0.1, 0.15) is 18.4 Å². The first-order valence-electron chi connectivity index (χ1n) is 11.5. The summed E-state index contributed by atoms with van der Waals surface area (Å²) >= 11 is 5.29. The van der Waals surface area contributed by atoms with Gasteiger partial charge in [0.05, 0.1) is 19.2 Å². The Bertz CT molecular complexity index is 1230. The number of urea groups is 1. The van der Waals surface area contributed by atoms with Gasteiger partial charge in [-0.25, -0.2) is 9.78 Å². The number of likely N-dealkylation sites (tertiary alicyclic amines) is 1. The van der Waals surface area contributed by atoms with Gasteiger partial charge in [0, 0.05) is 31.4 Å². The van der Waals surface area contributed by atoms with E-state index in [1.165, 1.54) is 7.11 Å². The van der Waals surface area contributed by atoms with Crippen LogP contribution in [-0.4, -0.2) is 47.1 Å². The van der Waals surface area contributed by atoms with E-state index in [0.29, 0.717) is 28.8 Å². The summed E-state index contributed by atoms with van der Waals surface area (Å²) in [7, 11) is 1.53. The SMILES string of the molecule is COc1cc(Oc2ccnc(NC(=O)N3CCCC3)c2)ccc1NC(=S)NC(=O)Cc1ccccc1. The highest BCUT2D eigenvalue weighted by Gasteiger charge is 2.18. The highest BCUT2D eigenvalue weighted by Crippen LogP contribution is 2.32. The Labute approximate surface area is 214 Å². The number of anilines is 2. The lowest BCUT2D eigenvalue weighted by Gasteiger charge is -2.16. The number of nitrogens with one attached hydrogen (secondary N) is 3. The molecule has 3 aromatic rings. The molecule has 1 aliphatic rings. The third kappa shape index (κ3) is 6.92. The number of nitrogens with zero attached hydrogens (tertiary/aromatic N) is 2. The molecular formula is C26H27N5O4S. The quantitative estimate of drug-likeness (QED) is 0.404. The van der Waals surface area contributed by atoms with Gasteiger partial charge in [-0.15, -0.1) is 0 Å². The Hall–Kier alpha value is -4.18. The van der Waals surface area contributed by atoms with Gasteiger partial charge in [0.15, 0.2) is 5.11 Å². The van der Waals surface area contributed by atoms with E-state index in [9.17, 15) is 9.59 Å². The van der Waals surface area contributed by atoms with Crippen LogP contribution in [0.15, 0.2) is 66.9 Å². The van der Waals surface area contributed by atoms with Crippen LogP contribution in [0.3, 0.4) is 0 Å². The minimum absolute atomic E-state index is 0.162. The van der Waals surface area contributed by atoms with Crippen molar-refractivity contribution in [3.8, 4) is 17.2 Å². The Balaban J connectivity index is 1.35. The molecule has 1 saturated heterocycles. The summed E-state index contributed by atoms with van der Waals surface area (Å²) < 4.78 is 11.4. The van der Waals surface area contributed by atoms with Gasteiger partial charge < -0.3 is 25.0 Å². The van der Waals surface area contributed by atoms with Gasteiger partial charge in [0.25, 0.3) is 0 Å². The number of hydrogen-bond donors (Lipinski definition) is 3. The molecule has 2 aromatic carbocycles. The number of ether oxygens (including phenoxy) is 2. The number of pyridine rings is 1. The third-order valence-electron chi connectivity index (χ3n) is 5.48. The Morgan fingerprint density at radius 2 is 1.75 bits per heavy atom. The van der Waals surface area contributed by atoms with Gasteiger partial charge in [0.2, 0.25) is 5.91 Å². The van der Waals surface area contributed by atoms with Gasteiger partial charge >= 0.3 is 6.03 Å². The topological polar surface area (TPSA) is 105 Å². The van der Waals surface area contributed by atoms with Crippen LogP contribution < -0.4 is 25.4 Å². The smallest absolute Gasteiger partial charge is 0.323 e. The molecule has 3 N–H and O–H groups in total. The minimum atomic E-state index is -0.220. The summed E-state index contributed by atoms with van der Waals surface area (Å²) in [5.41, 5.74) is 1.47. The predicted molar refractivity (Wildman–Crippen MR) is 142 cm³/mol. The summed E-state index contributed by atoms with van der Waals surface area (Å²) in [6.07, 6.45) is 3.82. The predicted octanol–water partition coefficient (Wildman–Crippen LogP) is 4.57. The van der Waals surface area contributed by atoms with Crippen molar-refractivity contribution in [2.45, 2.75) is 19.3 Å². The molecule has 1 aliphatic heterocycles. The van der Waals surface area contributed by atoms with Crippen LogP contribution >= 0.6 is 12.2 Å². The van der Waals surface area contributed by atoms with Crippen molar-refractivity contribution in [3.05, 3.63) is 72.4 Å². The lowest BCUT2D eigenvalue weighted by molar-refractivity contribution is -0.119. The zero-order valence-electron chi connectivity index (χ0n) is 19.8. The first kappa shape index (κ1) is 24.9. The monoisotopic (exact) mass is 505 g/mol. The third-order valence-corrected chi connectivity index (χ3v) is 5.68. The molecule has 0 spiro atoms. The summed E-state index contributed by atoms with van der Waals surface area (Å²) in [4.78, 5) is 30.6. The maximum absolute atomic E-state index is 12.3. The fraction of sp³-hybridized carbons (Fsp3) is 0.231. The molecule has 0 aliphatic carbocycles. The van der Waals surface area contributed by atoms with Crippen molar-refractivity contribution in [3.63, 3.8) is 0 Å². The highest BCUT2D eigenvalue weighted by atomic mass is 32.1. The maximum atomic E-state index is 12.3. The largest absolute Gasteiger partial charge is 0.494 e. The molecule has 186 valence electrons. The molecule has 3 amide bonds. The van der Waals surface area contributed by atoms with Crippen molar-refractivity contribution in [1.82, 2.24) is 15.2 Å². The molecule has 2 heterocycles. The zero-order valence-corrected chi connectivity index (χ0v) is 20.6. The van der Waals surface area contributed by atoms with Gasteiger partial charge in [-0.3, -0.25) is 10.1 Å². The highest BCUT2D eigenvalue weighted by molar-refractivity contribution is 7.80. The van der Waals surface area contributed by atoms with E-state index in [1.54, 1.807) is 41.4 Å². The maximum Gasteiger partial charge on any atom is 0.323 e. The molecular weight excluding hydrogens is 478 g/mol. The minimum Gasteiger partial charge on any atom is -0.494 e. The van der Waals surface area contributed by atoms with E-state index in [0.717, 1.165) is 31.5 Å². The molecule has 0 unspecified atom stereocenters. The van der Waals surface area contributed by atoms with Crippen molar-refractivity contribution in [2.24, 2.45) is 0 Å². The molecule has 0 bridgehead atoms. The van der Waals surface area contributed by atoms with Crippen LogP contribution in [0.2, 0.25) is 0 Å². The van der Waals surface area contributed by atoms with Gasteiger partial charge in [-0.2, -0.15) is 0 Å². The second kappa shape index (κ2) is 12.0. The van der Waals surface area contributed by atoms with Crippen LogP contribution in [0, 0.1) is 0 Å². The molecule has 10 heteroatoms. The van der Waals surface area contributed by atoms with Gasteiger partial charge in [-0.1, -0.05) is 30.3 Å². The number of carbonyl (C=O) groups excluding carboxylic acids is 2. The van der Waals surface area contributed by atoms with Crippen LogP contribution in [0.5, 0.6) is 17.2 Å². The van der Waals surface area contributed by atoms with Crippen molar-refractivity contribution in [2.75, 3.05) is 30.8 Å². The van der Waals surface area contributed by atoms with Crippen LogP contribution in [-0.2, 0) is 11.2 Å². The molecule has 1 aromatic heterocycles. The first-order valence-corrected chi connectivity index (χ1v) is 11.9. The molecule has 0 saturated carbocycles. The Morgan fingerprint density at radius 3 is 2.50 bits per heavy atom. The van der Waals surface area contributed by atoms with Gasteiger partial charge in [0.1, 0.15) is 23.1 Å². The normalized spacial score (nSPS) is 12.5. The van der Waals surface area contributed by atoms with E-state index in [-0.39, 0.29) is 23.5 Å². The molecule has 4 rings (SSSR count). The summed E-state index contributed by atoms with van der Waals surface area (Å²) in [6.45, 7) is 1.50. The van der Waals surface area contributed by atoms with Crippen LogP contribution in [0.4, 0.5) is 16.3 Å². The zero-order chi connectivity index (χ0) is 25.3. The summed E-state index contributed by atoms with van der Waals surface area (Å²) in [5.74, 6) is 1.69. The number of carbonyl (C=O) groups is 2. The van der Waals surface area contributed by atoms with Crippen molar-refractivity contribution in [1.29, 1.82) is 0 Å². The molecule has 36 heavy (non-hydrogen) atoms. The van der Waals surface area contributed by atoms with Crippen molar-refractivity contribution >= 4 is 40.8 Å². The van der Waals surface area contributed by atoms with E-state index in [4.69, 9.17) is 21.7 Å². The lowest BCUT2D eigenvalue weighted by atomic mass is 10.1. The van der Waals surface area contributed by atoms with Crippen molar-refractivity contribution < 1.29 is 19.1 Å². The Morgan fingerprint density at radius 1 is 1.00 bits per heavy atom. The second-order valence-electron chi connectivity index (χ2n) is 8.13. The number of methoxy groups -OCH3 is 1. The number of aromatic nitrogens is 1. The number of benzene rings is 2. The molecule has 0 atom stereocenters. The average Bonchev–Trinajstić information content (AvgIpc) is 3.41. The number of rotatable bonds is 7. The lowest BCUT2D eigenvalue weighted by Crippen LogP contribution is -2.35. The fourth-order valence-corrected chi connectivity index (χ4v) is 3.96. The standard InChI is InChI=1S/C26H27N5O4S/c1-34-22-16-19(35-20-11-12-27-23(17-20)29-26(33)31-13-5-6-14-31)9-10-21(22)28-25(36)30-24(32)15-18-7-3-2-4-8-18/h2-4,7-12,16-17H,5-6,13-15H2,1H3,(H,27,29,33)(H2,28,30,32,36). The van der Waals surface area contributed by atoms with E-state index in [1.807, 2.05) is 30.3 Å². The average molecular weight is 506 g/mol. The summed E-state index contributed by atoms with van der Waals surface area (Å²) in [5, 5.41) is 8.63. The molecule has 1 fully saturated rings.